The molecule has 1 aromatic carbocycles. The lowest BCUT2D eigenvalue weighted by atomic mass is 9.99. The maximum Gasteiger partial charge on any atom is 0.307 e. The first kappa shape index (κ1) is 19.4. The maximum atomic E-state index is 14.1. The highest BCUT2D eigenvalue weighted by Gasteiger charge is 2.46. The molecule has 0 fully saturated rings. The summed E-state index contributed by atoms with van der Waals surface area (Å²) in [6.07, 6.45) is 1.14. The first-order chi connectivity index (χ1) is 13.3. The van der Waals surface area contributed by atoms with Crippen molar-refractivity contribution < 1.29 is 31.8 Å². The van der Waals surface area contributed by atoms with Gasteiger partial charge in [-0.3, -0.25) is 4.79 Å². The number of hydrogen-bond acceptors (Lipinski definition) is 6. The molecule has 1 unspecified atom stereocenters. The number of carbonyl (C=O) groups is 1. The molecule has 0 spiro atoms. The molecular formula is C17H14F4N4O3. The average molecular weight is 398 g/mol. The second-order valence-electron chi connectivity index (χ2n) is 5.74. The van der Waals surface area contributed by atoms with E-state index < -0.39 is 48.7 Å². The van der Waals surface area contributed by atoms with Crippen molar-refractivity contribution in [3.8, 4) is 5.75 Å². The van der Waals surface area contributed by atoms with Crippen LogP contribution >= 0.6 is 0 Å². The van der Waals surface area contributed by atoms with Crippen LogP contribution in [0.3, 0.4) is 0 Å². The van der Waals surface area contributed by atoms with Crippen LogP contribution < -0.4 is 15.8 Å². The quantitative estimate of drug-likeness (QED) is 0.755. The van der Waals surface area contributed by atoms with Gasteiger partial charge in [0.15, 0.2) is 12.6 Å². The highest BCUT2D eigenvalue weighted by molar-refractivity contribution is 6.02. The smallest absolute Gasteiger partial charge is 0.307 e. The van der Waals surface area contributed by atoms with Gasteiger partial charge in [-0.25, -0.2) is 27.5 Å². The number of rotatable bonds is 5. The number of halogens is 4. The number of nitrogens with zero attached hydrogens (tertiary/aromatic N) is 2. The van der Waals surface area contributed by atoms with Crippen LogP contribution in [0.5, 0.6) is 5.75 Å². The summed E-state index contributed by atoms with van der Waals surface area (Å²) in [4.78, 5) is 19.5. The number of ether oxygens (including phenoxy) is 2. The van der Waals surface area contributed by atoms with E-state index in [1.807, 2.05) is 0 Å². The molecule has 3 rings (SSSR count). The van der Waals surface area contributed by atoms with E-state index in [1.54, 1.807) is 0 Å². The number of nitrogens with one attached hydrogen (secondary N) is 1. The van der Waals surface area contributed by atoms with Gasteiger partial charge in [0.2, 0.25) is 6.86 Å². The normalized spacial score (nSPS) is 18.0. The van der Waals surface area contributed by atoms with Gasteiger partial charge < -0.3 is 20.5 Å². The Kier molecular flexibility index (Phi) is 5.34. The molecule has 1 aliphatic heterocycles. The van der Waals surface area contributed by atoms with Crippen molar-refractivity contribution in [2.75, 3.05) is 18.8 Å². The van der Waals surface area contributed by atoms with Crippen LogP contribution in [0.4, 0.5) is 23.2 Å². The molecule has 1 atom stereocenters. The third-order valence-electron chi connectivity index (χ3n) is 3.81. The van der Waals surface area contributed by atoms with E-state index in [2.05, 4.69) is 24.8 Å². The first-order valence-electron chi connectivity index (χ1n) is 7.89. The Morgan fingerprint density at radius 3 is 2.82 bits per heavy atom. The molecule has 0 saturated heterocycles. The number of carbonyl (C=O) groups excluding carboxylic acids is 1. The molecule has 2 aromatic rings. The molecule has 28 heavy (non-hydrogen) atoms. The van der Waals surface area contributed by atoms with Gasteiger partial charge >= 0.3 is 5.92 Å². The molecule has 1 amide bonds. The molecule has 1 aliphatic rings. The van der Waals surface area contributed by atoms with Crippen LogP contribution in [0.2, 0.25) is 0 Å². The number of alkyl halides is 3. The van der Waals surface area contributed by atoms with Crippen molar-refractivity contribution >= 4 is 17.6 Å². The Hall–Kier alpha value is -3.37. The zero-order valence-corrected chi connectivity index (χ0v) is 14.2. The lowest BCUT2D eigenvalue weighted by molar-refractivity contribution is -0.0788. The SMILES string of the molecule is NC1=NC(c2cc(NC(=O)c3ccc(OCF)cn3)ccc2F)C(F)(F)CO1. The second-order valence-corrected chi connectivity index (χ2v) is 5.74. The topological polar surface area (TPSA) is 98.8 Å². The van der Waals surface area contributed by atoms with Crippen LogP contribution in [0.15, 0.2) is 41.5 Å². The van der Waals surface area contributed by atoms with Gasteiger partial charge in [0, 0.05) is 11.3 Å². The predicted molar refractivity (Wildman–Crippen MR) is 90.5 cm³/mol. The van der Waals surface area contributed by atoms with E-state index in [9.17, 15) is 22.4 Å². The molecule has 148 valence electrons. The van der Waals surface area contributed by atoms with Crippen molar-refractivity contribution in [2.45, 2.75) is 12.0 Å². The molecule has 11 heteroatoms. The van der Waals surface area contributed by atoms with E-state index in [0.29, 0.717) is 0 Å². The van der Waals surface area contributed by atoms with Gasteiger partial charge in [0.25, 0.3) is 11.9 Å². The fourth-order valence-electron chi connectivity index (χ4n) is 2.49. The molecule has 0 bridgehead atoms. The standard InChI is InChI=1S/C17H14F4N4O3/c18-8-28-10-2-4-13(23-6-10)15(26)24-9-1-3-12(19)11(5-9)14-17(20,21)7-27-16(22)25-14/h1-6,14H,7-8H2,(H2,22,25)(H,24,26). The third-order valence-corrected chi connectivity index (χ3v) is 3.81. The Balaban J connectivity index is 1.83. The second kappa shape index (κ2) is 7.71. The highest BCUT2D eigenvalue weighted by atomic mass is 19.3. The molecular weight excluding hydrogens is 384 g/mol. The predicted octanol–water partition coefficient (Wildman–Crippen LogP) is 2.80. The zero-order chi connectivity index (χ0) is 20.3. The summed E-state index contributed by atoms with van der Waals surface area (Å²) in [7, 11) is 0. The lowest BCUT2D eigenvalue weighted by Crippen LogP contribution is -2.40. The number of amidine groups is 1. The van der Waals surface area contributed by atoms with Crippen LogP contribution in [0.1, 0.15) is 22.1 Å². The van der Waals surface area contributed by atoms with Gasteiger partial charge in [-0.15, -0.1) is 0 Å². The molecule has 0 saturated carbocycles. The number of hydrogen-bond donors (Lipinski definition) is 2. The van der Waals surface area contributed by atoms with E-state index in [1.165, 1.54) is 18.2 Å². The Morgan fingerprint density at radius 2 is 2.14 bits per heavy atom. The van der Waals surface area contributed by atoms with Crippen molar-refractivity contribution in [2.24, 2.45) is 10.7 Å². The summed E-state index contributed by atoms with van der Waals surface area (Å²) in [5.41, 5.74) is 4.87. The number of amides is 1. The molecule has 3 N–H and O–H groups in total. The van der Waals surface area contributed by atoms with Gasteiger partial charge in [-0.05, 0) is 30.3 Å². The van der Waals surface area contributed by atoms with E-state index in [4.69, 9.17) is 5.73 Å². The lowest BCUT2D eigenvalue weighted by Gasteiger charge is -2.28. The Morgan fingerprint density at radius 1 is 1.36 bits per heavy atom. The van der Waals surface area contributed by atoms with Crippen LogP contribution in [0.25, 0.3) is 0 Å². The van der Waals surface area contributed by atoms with E-state index in [0.717, 1.165) is 18.3 Å². The summed E-state index contributed by atoms with van der Waals surface area (Å²) in [6.45, 7) is -2.09. The fourth-order valence-corrected chi connectivity index (χ4v) is 2.49. The zero-order valence-electron chi connectivity index (χ0n) is 14.2. The molecule has 2 heterocycles. The summed E-state index contributed by atoms with van der Waals surface area (Å²) in [5, 5.41) is 2.42. The number of benzene rings is 1. The van der Waals surface area contributed by atoms with Gasteiger partial charge in [0.05, 0.1) is 6.20 Å². The Labute approximate surface area is 156 Å². The Bertz CT molecular complexity index is 906. The van der Waals surface area contributed by atoms with E-state index >= 15 is 0 Å². The fraction of sp³-hybridized carbons (Fsp3) is 0.235. The summed E-state index contributed by atoms with van der Waals surface area (Å²) < 4.78 is 63.5. The monoisotopic (exact) mass is 398 g/mol. The average Bonchev–Trinajstić information content (AvgIpc) is 2.66. The minimum absolute atomic E-state index is 0.0448. The van der Waals surface area contributed by atoms with Crippen molar-refractivity contribution in [3.05, 3.63) is 53.6 Å². The van der Waals surface area contributed by atoms with Crippen LogP contribution in [-0.2, 0) is 4.74 Å². The number of anilines is 1. The first-order valence-corrected chi connectivity index (χ1v) is 7.89. The van der Waals surface area contributed by atoms with Crippen LogP contribution in [0, 0.1) is 5.82 Å². The number of nitrogens with two attached hydrogens (primary N) is 1. The maximum absolute atomic E-state index is 14.1. The van der Waals surface area contributed by atoms with Crippen molar-refractivity contribution in [3.63, 3.8) is 0 Å². The minimum atomic E-state index is -3.49. The van der Waals surface area contributed by atoms with Crippen molar-refractivity contribution in [1.82, 2.24) is 4.98 Å². The largest absolute Gasteiger partial charge is 0.461 e. The van der Waals surface area contributed by atoms with E-state index in [-0.39, 0.29) is 17.1 Å². The summed E-state index contributed by atoms with van der Waals surface area (Å²) >= 11 is 0. The van der Waals surface area contributed by atoms with Crippen molar-refractivity contribution in [1.29, 1.82) is 0 Å². The summed E-state index contributed by atoms with van der Waals surface area (Å²) in [6, 6.07) is 3.39. The molecule has 7 nitrogen and oxygen atoms in total. The van der Waals surface area contributed by atoms with Crippen LogP contribution in [-0.4, -0.2) is 36.3 Å². The number of aliphatic imine (C=N–C) groups is 1. The number of aromatic nitrogens is 1. The molecule has 1 aromatic heterocycles. The van der Waals surface area contributed by atoms with Gasteiger partial charge in [0.1, 0.15) is 17.3 Å². The highest BCUT2D eigenvalue weighted by Crippen LogP contribution is 2.39. The number of pyridine rings is 1. The third kappa shape index (κ3) is 4.13. The summed E-state index contributed by atoms with van der Waals surface area (Å²) in [5.74, 6) is -4.99. The van der Waals surface area contributed by atoms with Gasteiger partial charge in [-0.2, -0.15) is 0 Å². The van der Waals surface area contributed by atoms with Gasteiger partial charge in [-0.1, -0.05) is 0 Å². The molecule has 0 aliphatic carbocycles. The minimum Gasteiger partial charge on any atom is -0.461 e. The molecule has 0 radical (unpaired) electrons.